The van der Waals surface area contributed by atoms with E-state index in [1.165, 1.54) is 16.7 Å². The number of nitrogens with zero attached hydrogens (tertiary/aromatic N) is 3. The Hall–Kier alpha value is -1.33. The third kappa shape index (κ3) is 3.87. The Morgan fingerprint density at radius 2 is 2.18 bits per heavy atom. The van der Waals surface area contributed by atoms with Crippen LogP contribution in [0.1, 0.15) is 20.8 Å². The summed E-state index contributed by atoms with van der Waals surface area (Å²) < 4.78 is 5.19. The molecule has 1 fully saturated rings. The molecule has 1 saturated heterocycles. The monoisotopic (exact) mass is 257 g/mol. The summed E-state index contributed by atoms with van der Waals surface area (Å²) in [5.41, 5.74) is 7.72. The van der Waals surface area contributed by atoms with Crippen LogP contribution in [0.5, 0.6) is 0 Å². The van der Waals surface area contributed by atoms with Gasteiger partial charge >= 0.3 is 12.3 Å². The number of amides is 1. The van der Waals surface area contributed by atoms with Gasteiger partial charge in [-0.3, -0.25) is 9.69 Å². The Kier molecular flexibility index (Phi) is 4.31. The smallest absolute Gasteiger partial charge is 0.411 e. The maximum atomic E-state index is 11.8. The molecule has 0 spiro atoms. The standard InChI is InChI=1S/C10H15N3O3S/c1-10(2,3)16-9(15)13-6-17-5-7(13)8(14)4-12-11/h4,7H,5-6H2,1-3H3/t7-/m1/s1. The number of carbonyl (C=O) groups is 2. The Morgan fingerprint density at radius 3 is 2.71 bits per heavy atom. The van der Waals surface area contributed by atoms with Crippen molar-refractivity contribution < 1.29 is 19.1 Å². The lowest BCUT2D eigenvalue weighted by Gasteiger charge is -2.26. The summed E-state index contributed by atoms with van der Waals surface area (Å²) >= 11 is 1.46. The number of Topliss-reactive ketones (excluding diaryl/α,β-unsaturated/α-hetero) is 1. The highest BCUT2D eigenvalue weighted by molar-refractivity contribution is 7.99. The van der Waals surface area contributed by atoms with E-state index in [1.807, 2.05) is 0 Å². The molecule has 1 amide bonds. The molecule has 94 valence electrons. The van der Waals surface area contributed by atoms with Crippen molar-refractivity contribution in [2.75, 3.05) is 11.6 Å². The van der Waals surface area contributed by atoms with Gasteiger partial charge in [-0.1, -0.05) is 0 Å². The van der Waals surface area contributed by atoms with E-state index in [0.29, 0.717) is 11.6 Å². The highest BCUT2D eigenvalue weighted by atomic mass is 32.2. The predicted molar refractivity (Wildman–Crippen MR) is 63.9 cm³/mol. The maximum absolute atomic E-state index is 11.8. The highest BCUT2D eigenvalue weighted by Gasteiger charge is 2.37. The topological polar surface area (TPSA) is 83.0 Å². The van der Waals surface area contributed by atoms with Crippen molar-refractivity contribution in [2.45, 2.75) is 32.4 Å². The van der Waals surface area contributed by atoms with Gasteiger partial charge in [-0.25, -0.2) is 4.79 Å². The summed E-state index contributed by atoms with van der Waals surface area (Å²) in [6.45, 7) is 5.29. The van der Waals surface area contributed by atoms with Crippen LogP contribution in [0.25, 0.3) is 5.53 Å². The molecule has 17 heavy (non-hydrogen) atoms. The minimum atomic E-state index is -0.606. The average molecular weight is 257 g/mol. The van der Waals surface area contributed by atoms with Gasteiger partial charge < -0.3 is 10.3 Å². The summed E-state index contributed by atoms with van der Waals surface area (Å²) in [5, 5.41) is 0. The molecule has 0 radical (unpaired) electrons. The van der Waals surface area contributed by atoms with Gasteiger partial charge in [0, 0.05) is 5.75 Å². The molecule has 0 aromatic carbocycles. The molecule has 0 aliphatic carbocycles. The maximum Gasteiger partial charge on any atom is 0.411 e. The van der Waals surface area contributed by atoms with E-state index < -0.39 is 23.5 Å². The molecule has 6 nitrogen and oxygen atoms in total. The number of hydrogen-bond acceptors (Lipinski definition) is 4. The fraction of sp³-hybridized carbons (Fsp3) is 0.700. The summed E-state index contributed by atoms with van der Waals surface area (Å²) in [6.07, 6.45) is 0.292. The molecule has 1 rings (SSSR count). The molecule has 0 unspecified atom stereocenters. The van der Waals surface area contributed by atoms with Crippen LogP contribution in [0.2, 0.25) is 0 Å². The van der Waals surface area contributed by atoms with Gasteiger partial charge in [-0.15, -0.1) is 11.8 Å². The number of rotatable bonds is 2. The zero-order valence-corrected chi connectivity index (χ0v) is 10.9. The largest absolute Gasteiger partial charge is 0.444 e. The first-order chi connectivity index (χ1) is 7.85. The van der Waals surface area contributed by atoms with Gasteiger partial charge in [0.1, 0.15) is 11.6 Å². The van der Waals surface area contributed by atoms with Crippen LogP contribution in [0, 0.1) is 0 Å². The molecule has 1 atom stereocenters. The average Bonchev–Trinajstić information content (AvgIpc) is 2.63. The van der Waals surface area contributed by atoms with Crippen molar-refractivity contribution >= 4 is 29.9 Å². The predicted octanol–water partition coefficient (Wildman–Crippen LogP) is 1.17. The van der Waals surface area contributed by atoms with Gasteiger partial charge in [0.25, 0.3) is 5.78 Å². The van der Waals surface area contributed by atoms with Crippen molar-refractivity contribution in [1.82, 2.24) is 4.90 Å². The van der Waals surface area contributed by atoms with Crippen molar-refractivity contribution in [2.24, 2.45) is 0 Å². The van der Waals surface area contributed by atoms with Crippen molar-refractivity contribution in [3.63, 3.8) is 0 Å². The number of carbonyl (C=O) groups excluding carboxylic acids is 2. The second-order valence-corrected chi connectivity index (χ2v) is 5.61. The Morgan fingerprint density at radius 1 is 1.53 bits per heavy atom. The van der Waals surface area contributed by atoms with Gasteiger partial charge in [-0.05, 0) is 20.8 Å². The SMILES string of the molecule is CC(C)(C)OC(=O)N1CSC[C@@H]1C(=O)C=[N+]=[N-]. The van der Waals surface area contributed by atoms with Gasteiger partial charge in [0.05, 0.1) is 5.88 Å². The lowest BCUT2D eigenvalue weighted by molar-refractivity contribution is -0.119. The van der Waals surface area contributed by atoms with Crippen molar-refractivity contribution in [3.8, 4) is 0 Å². The Bertz CT molecular complexity index is 371. The normalized spacial score (nSPS) is 19.7. The van der Waals surface area contributed by atoms with E-state index in [9.17, 15) is 9.59 Å². The molecular formula is C10H15N3O3S. The molecule has 0 bridgehead atoms. The van der Waals surface area contributed by atoms with E-state index in [0.717, 1.165) is 6.21 Å². The highest BCUT2D eigenvalue weighted by Crippen LogP contribution is 2.23. The molecule has 1 aliphatic heterocycles. The van der Waals surface area contributed by atoms with E-state index >= 15 is 0 Å². The molecule has 0 N–H and O–H groups in total. The van der Waals surface area contributed by atoms with E-state index in [2.05, 4.69) is 4.79 Å². The molecular weight excluding hydrogens is 242 g/mol. The van der Waals surface area contributed by atoms with Crippen LogP contribution in [-0.4, -0.2) is 51.1 Å². The van der Waals surface area contributed by atoms with Crippen LogP contribution in [0.15, 0.2) is 0 Å². The van der Waals surface area contributed by atoms with Gasteiger partial charge in [0.2, 0.25) is 0 Å². The van der Waals surface area contributed by atoms with Crippen LogP contribution in [-0.2, 0) is 9.53 Å². The summed E-state index contributed by atoms with van der Waals surface area (Å²) in [6, 6.07) is -0.606. The van der Waals surface area contributed by atoms with E-state index in [-0.39, 0.29) is 0 Å². The minimum Gasteiger partial charge on any atom is -0.444 e. The molecule has 1 aliphatic rings. The van der Waals surface area contributed by atoms with E-state index in [4.69, 9.17) is 10.3 Å². The fourth-order valence-electron chi connectivity index (χ4n) is 1.32. The van der Waals surface area contributed by atoms with Gasteiger partial charge in [0.15, 0.2) is 0 Å². The fourth-order valence-corrected chi connectivity index (χ4v) is 2.48. The van der Waals surface area contributed by atoms with Crippen LogP contribution in [0.3, 0.4) is 0 Å². The minimum absolute atomic E-state index is 0.400. The zero-order valence-electron chi connectivity index (χ0n) is 10.0. The Balaban J connectivity index is 2.72. The molecule has 0 aromatic heterocycles. The number of ketones is 1. The Labute approximate surface area is 104 Å². The lowest BCUT2D eigenvalue weighted by Crippen LogP contribution is -2.44. The first kappa shape index (κ1) is 13.7. The first-order valence-corrected chi connectivity index (χ1v) is 6.29. The van der Waals surface area contributed by atoms with Crippen LogP contribution < -0.4 is 0 Å². The third-order valence-electron chi connectivity index (χ3n) is 2.02. The second kappa shape index (κ2) is 5.33. The zero-order chi connectivity index (χ0) is 13.1. The number of thioether (sulfide) groups is 1. The summed E-state index contributed by atoms with van der Waals surface area (Å²) in [5.74, 6) is 0.498. The molecule has 7 heteroatoms. The van der Waals surface area contributed by atoms with Crippen LogP contribution in [0.4, 0.5) is 4.79 Å². The van der Waals surface area contributed by atoms with Crippen LogP contribution >= 0.6 is 11.8 Å². The molecule has 1 heterocycles. The number of hydrogen-bond donors (Lipinski definition) is 0. The first-order valence-electron chi connectivity index (χ1n) is 5.14. The van der Waals surface area contributed by atoms with Gasteiger partial charge in [-0.2, -0.15) is 4.79 Å². The number of ether oxygens (including phenoxy) is 1. The lowest BCUT2D eigenvalue weighted by atomic mass is 10.2. The third-order valence-corrected chi connectivity index (χ3v) is 3.04. The van der Waals surface area contributed by atoms with Crippen molar-refractivity contribution in [3.05, 3.63) is 5.53 Å². The quantitative estimate of drug-likeness (QED) is 0.422. The molecule has 0 aromatic rings. The summed E-state index contributed by atoms with van der Waals surface area (Å²) in [4.78, 5) is 27.4. The van der Waals surface area contributed by atoms with Crippen molar-refractivity contribution in [1.29, 1.82) is 0 Å². The summed E-state index contributed by atoms with van der Waals surface area (Å²) in [7, 11) is 0. The van der Waals surface area contributed by atoms with E-state index in [1.54, 1.807) is 20.8 Å². The second-order valence-electron chi connectivity index (χ2n) is 4.61. The molecule has 0 saturated carbocycles.